The highest BCUT2D eigenvalue weighted by molar-refractivity contribution is 7.89. The zero-order chi connectivity index (χ0) is 32.7. The van der Waals surface area contributed by atoms with Gasteiger partial charge in [-0.3, -0.25) is 0 Å². The molecule has 0 unspecified atom stereocenters. The molecule has 0 saturated carbocycles. The minimum Gasteiger partial charge on any atom is -0.497 e. The van der Waals surface area contributed by atoms with Gasteiger partial charge in [0.05, 0.1) is 36.9 Å². The van der Waals surface area contributed by atoms with E-state index in [9.17, 15) is 8.42 Å². The van der Waals surface area contributed by atoms with Gasteiger partial charge in [0.1, 0.15) is 18.1 Å². The molecule has 0 spiro atoms. The lowest BCUT2D eigenvalue weighted by Gasteiger charge is -2.44. The Hall–Kier alpha value is -3.15. The first-order chi connectivity index (χ1) is 22.2. The number of anilines is 1. The van der Waals surface area contributed by atoms with E-state index in [1.165, 1.54) is 0 Å². The van der Waals surface area contributed by atoms with E-state index < -0.39 is 10.0 Å². The largest absolute Gasteiger partial charge is 0.497 e. The normalized spacial score (nSPS) is 21.0. The number of sulfonamides is 1. The van der Waals surface area contributed by atoms with Gasteiger partial charge in [-0.2, -0.15) is 4.31 Å². The van der Waals surface area contributed by atoms with Crippen molar-refractivity contribution in [1.29, 1.82) is 0 Å². The smallest absolute Gasteiger partial charge is 0.243 e. The average molecular weight is 652 g/mol. The van der Waals surface area contributed by atoms with Crippen molar-refractivity contribution in [2.24, 2.45) is 5.73 Å². The molecule has 2 N–H and O–H groups in total. The van der Waals surface area contributed by atoms with Gasteiger partial charge >= 0.3 is 0 Å². The van der Waals surface area contributed by atoms with Gasteiger partial charge in [-0.1, -0.05) is 42.8 Å². The molecule has 0 radical (unpaired) electrons. The summed E-state index contributed by atoms with van der Waals surface area (Å²) in [6, 6.07) is 20.9. The lowest BCUT2D eigenvalue weighted by Crippen LogP contribution is -2.53. The molecule has 46 heavy (non-hydrogen) atoms. The quantitative estimate of drug-likeness (QED) is 0.228. The molecule has 250 valence electrons. The second-order valence-corrected chi connectivity index (χ2v) is 14.3. The van der Waals surface area contributed by atoms with Crippen LogP contribution in [0.2, 0.25) is 0 Å². The Morgan fingerprint density at radius 3 is 2.50 bits per heavy atom. The first kappa shape index (κ1) is 34.2. The van der Waals surface area contributed by atoms with Crippen LogP contribution in [-0.4, -0.2) is 78.0 Å². The van der Waals surface area contributed by atoms with Crippen molar-refractivity contribution < 1.29 is 27.4 Å². The first-order valence-corrected chi connectivity index (χ1v) is 17.8. The summed E-state index contributed by atoms with van der Waals surface area (Å²) in [5, 5.41) is 0. The number of benzene rings is 3. The summed E-state index contributed by atoms with van der Waals surface area (Å²) in [7, 11) is -0.425. The Bertz CT molecular complexity index is 1520. The average Bonchev–Trinajstić information content (AvgIpc) is 3.07. The van der Waals surface area contributed by atoms with Crippen LogP contribution in [-0.2, 0) is 26.1 Å². The summed E-state index contributed by atoms with van der Waals surface area (Å²) in [6.45, 7) is 7.61. The van der Waals surface area contributed by atoms with Gasteiger partial charge in [-0.25, -0.2) is 8.42 Å². The van der Waals surface area contributed by atoms with E-state index in [0.717, 1.165) is 59.8 Å². The van der Waals surface area contributed by atoms with Gasteiger partial charge < -0.3 is 29.6 Å². The molecule has 0 aromatic heterocycles. The van der Waals surface area contributed by atoms with Crippen LogP contribution < -0.4 is 20.1 Å². The summed E-state index contributed by atoms with van der Waals surface area (Å²) in [6.07, 6.45) is 2.49. The van der Waals surface area contributed by atoms with E-state index >= 15 is 0 Å². The van der Waals surface area contributed by atoms with Crippen LogP contribution in [0, 0.1) is 6.92 Å². The van der Waals surface area contributed by atoms with Crippen molar-refractivity contribution in [3.05, 3.63) is 83.4 Å². The molecule has 3 aromatic carbocycles. The van der Waals surface area contributed by atoms with Crippen molar-refractivity contribution >= 4 is 15.7 Å². The highest BCUT2D eigenvalue weighted by Gasteiger charge is 2.43. The number of hydrogen-bond acceptors (Lipinski definition) is 8. The van der Waals surface area contributed by atoms with E-state index in [-0.39, 0.29) is 35.5 Å². The highest BCUT2D eigenvalue weighted by Crippen LogP contribution is 2.40. The fourth-order valence-electron chi connectivity index (χ4n) is 6.50. The molecule has 2 aliphatic heterocycles. The van der Waals surface area contributed by atoms with Gasteiger partial charge in [0, 0.05) is 44.8 Å². The van der Waals surface area contributed by atoms with Crippen LogP contribution in [0.25, 0.3) is 0 Å². The third kappa shape index (κ3) is 8.04. The van der Waals surface area contributed by atoms with Crippen LogP contribution >= 0.6 is 0 Å². The van der Waals surface area contributed by atoms with Crippen molar-refractivity contribution in [3.8, 4) is 11.5 Å². The second-order valence-electron chi connectivity index (χ2n) is 12.4. The zero-order valence-electron chi connectivity index (χ0n) is 27.6. The minimum absolute atomic E-state index is 0.0315. The maximum Gasteiger partial charge on any atom is 0.243 e. The molecule has 2 heterocycles. The number of methoxy groups -OCH3 is 2. The zero-order valence-corrected chi connectivity index (χ0v) is 28.4. The molecule has 1 saturated heterocycles. The van der Waals surface area contributed by atoms with Crippen molar-refractivity contribution in [1.82, 2.24) is 4.31 Å². The lowest BCUT2D eigenvalue weighted by atomic mass is 9.82. The molecule has 0 aliphatic carbocycles. The highest BCUT2D eigenvalue weighted by atomic mass is 32.2. The molecule has 3 aromatic rings. The Labute approximate surface area is 274 Å². The third-order valence-corrected chi connectivity index (χ3v) is 11.2. The predicted molar refractivity (Wildman–Crippen MR) is 181 cm³/mol. The maximum absolute atomic E-state index is 14.2. The van der Waals surface area contributed by atoms with E-state index in [1.807, 2.05) is 50.2 Å². The Morgan fingerprint density at radius 2 is 1.80 bits per heavy atom. The number of aryl methyl sites for hydroxylation is 1. The predicted octanol–water partition coefficient (Wildman–Crippen LogP) is 5.50. The maximum atomic E-state index is 14.2. The second kappa shape index (κ2) is 15.6. The SMILES string of the molecule is CC[C@@H](N)C[C@H]1C[C@H](c2ccc(OC)cc2)[C@@H](OCc2ccc3c(c2)N(CCCOC)CCO3)CN1S(=O)(=O)c1ccc(C)cc1. The minimum atomic E-state index is -3.80. The number of nitrogens with zero attached hydrogens (tertiary/aromatic N) is 2. The van der Waals surface area contributed by atoms with Gasteiger partial charge in [0.2, 0.25) is 10.0 Å². The van der Waals surface area contributed by atoms with Crippen LogP contribution in [0.3, 0.4) is 0 Å². The number of fused-ring (bicyclic) bond motifs is 1. The van der Waals surface area contributed by atoms with Gasteiger partial charge in [0.25, 0.3) is 0 Å². The number of piperidine rings is 1. The number of hydrogen-bond donors (Lipinski definition) is 1. The number of ether oxygens (including phenoxy) is 4. The molecule has 0 bridgehead atoms. The van der Waals surface area contributed by atoms with Crippen LogP contribution in [0.4, 0.5) is 5.69 Å². The van der Waals surface area contributed by atoms with E-state index in [4.69, 9.17) is 24.7 Å². The summed E-state index contributed by atoms with van der Waals surface area (Å²) < 4.78 is 53.5. The van der Waals surface area contributed by atoms with Crippen molar-refractivity contribution in [2.75, 3.05) is 52.0 Å². The number of rotatable bonds is 14. The fourth-order valence-corrected chi connectivity index (χ4v) is 8.16. The summed E-state index contributed by atoms with van der Waals surface area (Å²) >= 11 is 0. The fraction of sp³-hybridized carbons (Fsp3) is 0.500. The monoisotopic (exact) mass is 651 g/mol. The van der Waals surface area contributed by atoms with E-state index in [0.29, 0.717) is 32.7 Å². The molecular weight excluding hydrogens is 602 g/mol. The molecule has 10 heteroatoms. The van der Waals surface area contributed by atoms with Crippen LogP contribution in [0.1, 0.15) is 55.2 Å². The molecule has 4 atom stereocenters. The summed E-state index contributed by atoms with van der Waals surface area (Å²) in [5.41, 5.74) is 10.6. The summed E-state index contributed by atoms with van der Waals surface area (Å²) in [4.78, 5) is 2.62. The molecule has 0 amide bonds. The van der Waals surface area contributed by atoms with Crippen LogP contribution in [0.15, 0.2) is 71.6 Å². The number of nitrogens with two attached hydrogens (primary N) is 1. The molecule has 5 rings (SSSR count). The van der Waals surface area contributed by atoms with Gasteiger partial charge in [-0.15, -0.1) is 0 Å². The van der Waals surface area contributed by atoms with Crippen molar-refractivity contribution in [2.45, 2.75) is 75.1 Å². The van der Waals surface area contributed by atoms with E-state index in [2.05, 4.69) is 23.1 Å². The Balaban J connectivity index is 1.45. The Morgan fingerprint density at radius 1 is 1.04 bits per heavy atom. The standard InChI is InChI=1S/C36H49N3O6S/c1-5-29(37)22-30-23-33(28-10-12-31(43-4)13-11-28)36(24-39(30)46(40,41)32-14-7-26(2)8-15-32)45-25-27-9-16-35-34(21-27)38(18-20-44-35)17-6-19-42-3/h7-16,21,29-30,33,36H,5-6,17-20,22-25,37H2,1-4H3/t29-,30+,33-,36+/m1/s1. The molecule has 1 fully saturated rings. The Kier molecular flexibility index (Phi) is 11.6. The molecule has 2 aliphatic rings. The first-order valence-electron chi connectivity index (χ1n) is 16.3. The topological polar surface area (TPSA) is 104 Å². The van der Waals surface area contributed by atoms with Gasteiger partial charge in [0.15, 0.2) is 0 Å². The third-order valence-electron chi connectivity index (χ3n) is 9.24. The molecular formula is C36H49N3O6S. The van der Waals surface area contributed by atoms with Crippen molar-refractivity contribution in [3.63, 3.8) is 0 Å². The lowest BCUT2D eigenvalue weighted by molar-refractivity contribution is -0.0215. The van der Waals surface area contributed by atoms with Crippen LogP contribution in [0.5, 0.6) is 11.5 Å². The van der Waals surface area contributed by atoms with Gasteiger partial charge in [-0.05, 0) is 80.1 Å². The summed E-state index contributed by atoms with van der Waals surface area (Å²) in [5.74, 6) is 1.61. The van der Waals surface area contributed by atoms with E-state index in [1.54, 1.807) is 30.7 Å². The molecule has 9 nitrogen and oxygen atoms in total.